The Morgan fingerprint density at radius 2 is 1.93 bits per heavy atom. The largest absolute Gasteiger partial charge is 0.346 e. The molecule has 0 aliphatic heterocycles. The first-order valence-corrected chi connectivity index (χ1v) is 5.70. The van der Waals surface area contributed by atoms with Crippen molar-refractivity contribution in [1.29, 1.82) is 0 Å². The van der Waals surface area contributed by atoms with Crippen molar-refractivity contribution >= 4 is 29.1 Å². The molecule has 0 atom stereocenters. The lowest BCUT2D eigenvalue weighted by Crippen LogP contribution is -2.35. The van der Waals surface area contributed by atoms with Crippen LogP contribution < -0.4 is 5.32 Å². The zero-order valence-electron chi connectivity index (χ0n) is 8.09. The second-order valence-electron chi connectivity index (χ2n) is 3.77. The van der Waals surface area contributed by atoms with Crippen LogP contribution in [0.2, 0.25) is 5.02 Å². The average molecular weight is 244 g/mol. The van der Waals surface area contributed by atoms with E-state index in [4.69, 9.17) is 23.2 Å². The number of nitrogens with one attached hydrogen (secondary N) is 1. The van der Waals surface area contributed by atoms with Gasteiger partial charge in [0.2, 0.25) is 5.91 Å². The van der Waals surface area contributed by atoms with Crippen LogP contribution in [0.25, 0.3) is 0 Å². The Bertz CT molecular complexity index is 371. The third kappa shape index (κ3) is 2.27. The lowest BCUT2D eigenvalue weighted by atomic mass is 10.1. The number of hydrogen-bond acceptors (Lipinski definition) is 1. The van der Waals surface area contributed by atoms with Gasteiger partial charge in [0.15, 0.2) is 0 Å². The molecule has 0 heterocycles. The molecule has 4 heteroatoms. The minimum atomic E-state index is -0.184. The summed E-state index contributed by atoms with van der Waals surface area (Å²) >= 11 is 11.3. The average Bonchev–Trinajstić information content (AvgIpc) is 3.00. The lowest BCUT2D eigenvalue weighted by molar-refractivity contribution is -0.119. The van der Waals surface area contributed by atoms with Crippen LogP contribution >= 0.6 is 23.2 Å². The van der Waals surface area contributed by atoms with Gasteiger partial charge in [0.25, 0.3) is 0 Å². The third-order valence-electron chi connectivity index (χ3n) is 2.65. The number of halogens is 2. The van der Waals surface area contributed by atoms with Gasteiger partial charge in [-0.05, 0) is 30.5 Å². The number of benzene rings is 1. The first kappa shape index (κ1) is 10.8. The van der Waals surface area contributed by atoms with Gasteiger partial charge in [0, 0.05) is 5.02 Å². The predicted octanol–water partition coefficient (Wildman–Crippen LogP) is 2.68. The summed E-state index contributed by atoms with van der Waals surface area (Å²) in [7, 11) is 0. The molecule has 1 saturated carbocycles. The Balaban J connectivity index is 2.16. The molecule has 0 radical (unpaired) electrons. The van der Waals surface area contributed by atoms with Gasteiger partial charge in [0.1, 0.15) is 5.88 Å². The fourth-order valence-electron chi connectivity index (χ4n) is 1.68. The van der Waals surface area contributed by atoms with Crippen molar-refractivity contribution in [3.8, 4) is 0 Å². The van der Waals surface area contributed by atoms with E-state index < -0.39 is 0 Å². The molecule has 1 amide bonds. The predicted molar refractivity (Wildman–Crippen MR) is 61.2 cm³/mol. The number of amides is 1. The molecular formula is C11H11Cl2NO. The summed E-state index contributed by atoms with van der Waals surface area (Å²) < 4.78 is 0. The van der Waals surface area contributed by atoms with Crippen molar-refractivity contribution in [3.05, 3.63) is 34.9 Å². The molecule has 1 aliphatic carbocycles. The molecule has 80 valence electrons. The number of hydrogen-bond donors (Lipinski definition) is 1. The standard InChI is InChI=1S/C11H11Cl2NO/c12-7-10(15)14-11(5-6-11)8-1-3-9(13)4-2-8/h1-4H,5-7H2,(H,14,15). The fourth-order valence-corrected chi connectivity index (χ4v) is 1.87. The first-order valence-electron chi connectivity index (χ1n) is 4.79. The van der Waals surface area contributed by atoms with Gasteiger partial charge < -0.3 is 5.32 Å². The van der Waals surface area contributed by atoms with E-state index in [1.807, 2.05) is 24.3 Å². The Labute approximate surface area is 98.6 Å². The van der Waals surface area contributed by atoms with E-state index in [-0.39, 0.29) is 17.3 Å². The zero-order chi connectivity index (χ0) is 10.9. The molecule has 1 fully saturated rings. The molecule has 1 aromatic carbocycles. The van der Waals surface area contributed by atoms with E-state index in [2.05, 4.69) is 5.32 Å². The van der Waals surface area contributed by atoms with E-state index in [1.54, 1.807) is 0 Å². The summed E-state index contributed by atoms with van der Waals surface area (Å²) in [6.07, 6.45) is 1.94. The molecule has 0 unspecified atom stereocenters. The van der Waals surface area contributed by atoms with E-state index in [0.29, 0.717) is 5.02 Å². The molecule has 2 rings (SSSR count). The Hall–Kier alpha value is -0.730. The molecule has 0 spiro atoms. The van der Waals surface area contributed by atoms with E-state index in [9.17, 15) is 4.79 Å². The Kier molecular flexibility index (Phi) is 2.89. The number of carbonyl (C=O) groups excluding carboxylic acids is 1. The third-order valence-corrected chi connectivity index (χ3v) is 3.14. The van der Waals surface area contributed by atoms with Crippen LogP contribution in [0.15, 0.2) is 24.3 Å². The number of alkyl halides is 1. The van der Waals surface area contributed by atoms with Gasteiger partial charge in [0.05, 0.1) is 5.54 Å². The SMILES string of the molecule is O=C(CCl)NC1(c2ccc(Cl)cc2)CC1. The molecule has 15 heavy (non-hydrogen) atoms. The molecule has 1 aromatic rings. The van der Waals surface area contributed by atoms with Crippen molar-refractivity contribution in [2.75, 3.05) is 5.88 Å². The van der Waals surface area contributed by atoms with Crippen LogP contribution in [0.5, 0.6) is 0 Å². The highest BCUT2D eigenvalue weighted by Gasteiger charge is 2.45. The van der Waals surface area contributed by atoms with Crippen LogP contribution in [0, 0.1) is 0 Å². The Morgan fingerprint density at radius 1 is 1.33 bits per heavy atom. The van der Waals surface area contributed by atoms with Crippen LogP contribution in [0.4, 0.5) is 0 Å². The monoisotopic (exact) mass is 243 g/mol. The second-order valence-corrected chi connectivity index (χ2v) is 4.47. The summed E-state index contributed by atoms with van der Waals surface area (Å²) in [6, 6.07) is 7.57. The summed E-state index contributed by atoms with van der Waals surface area (Å²) in [5, 5.41) is 3.65. The molecular weight excluding hydrogens is 233 g/mol. The van der Waals surface area contributed by atoms with Gasteiger partial charge in [-0.2, -0.15) is 0 Å². The molecule has 2 nitrogen and oxygen atoms in total. The highest BCUT2D eigenvalue weighted by Crippen LogP contribution is 2.45. The molecule has 1 aliphatic rings. The maximum atomic E-state index is 11.2. The van der Waals surface area contributed by atoms with Crippen molar-refractivity contribution < 1.29 is 4.79 Å². The quantitative estimate of drug-likeness (QED) is 0.813. The zero-order valence-corrected chi connectivity index (χ0v) is 9.61. The van der Waals surface area contributed by atoms with Crippen molar-refractivity contribution in [1.82, 2.24) is 5.32 Å². The topological polar surface area (TPSA) is 29.1 Å². The highest BCUT2D eigenvalue weighted by atomic mass is 35.5. The fraction of sp³-hybridized carbons (Fsp3) is 0.364. The molecule has 0 bridgehead atoms. The van der Waals surface area contributed by atoms with Crippen LogP contribution in [0.1, 0.15) is 18.4 Å². The van der Waals surface area contributed by atoms with Gasteiger partial charge in [-0.3, -0.25) is 4.79 Å². The first-order chi connectivity index (χ1) is 7.16. The van der Waals surface area contributed by atoms with Gasteiger partial charge in [-0.15, -0.1) is 11.6 Å². The lowest BCUT2D eigenvalue weighted by Gasteiger charge is -2.17. The van der Waals surface area contributed by atoms with Gasteiger partial charge in [-0.25, -0.2) is 0 Å². The molecule has 1 N–H and O–H groups in total. The van der Waals surface area contributed by atoms with Crippen molar-refractivity contribution in [3.63, 3.8) is 0 Å². The van der Waals surface area contributed by atoms with Gasteiger partial charge >= 0.3 is 0 Å². The highest BCUT2D eigenvalue weighted by molar-refractivity contribution is 6.30. The van der Waals surface area contributed by atoms with Crippen LogP contribution in [-0.2, 0) is 10.3 Å². The normalized spacial score (nSPS) is 17.2. The van der Waals surface area contributed by atoms with Crippen molar-refractivity contribution in [2.24, 2.45) is 0 Å². The summed E-state index contributed by atoms with van der Waals surface area (Å²) in [6.45, 7) is 0. The Morgan fingerprint density at radius 3 is 2.40 bits per heavy atom. The van der Waals surface area contributed by atoms with Crippen LogP contribution in [-0.4, -0.2) is 11.8 Å². The smallest absolute Gasteiger partial charge is 0.235 e. The van der Waals surface area contributed by atoms with E-state index >= 15 is 0 Å². The second kappa shape index (κ2) is 4.03. The van der Waals surface area contributed by atoms with Crippen LogP contribution in [0.3, 0.4) is 0 Å². The number of rotatable bonds is 3. The molecule has 0 saturated heterocycles. The van der Waals surface area contributed by atoms with E-state index in [1.165, 1.54) is 0 Å². The number of carbonyl (C=O) groups is 1. The maximum Gasteiger partial charge on any atom is 0.235 e. The van der Waals surface area contributed by atoms with E-state index in [0.717, 1.165) is 18.4 Å². The van der Waals surface area contributed by atoms with Gasteiger partial charge in [-0.1, -0.05) is 23.7 Å². The minimum absolute atomic E-state index is 0.00927. The van der Waals surface area contributed by atoms with Crippen molar-refractivity contribution in [2.45, 2.75) is 18.4 Å². The summed E-state index contributed by atoms with van der Waals surface area (Å²) in [4.78, 5) is 11.2. The summed E-state index contributed by atoms with van der Waals surface area (Å²) in [5.74, 6) is -0.112. The maximum absolute atomic E-state index is 11.2. The minimum Gasteiger partial charge on any atom is -0.346 e. The molecule has 0 aromatic heterocycles. The summed E-state index contributed by atoms with van der Waals surface area (Å²) in [5.41, 5.74) is 0.918.